The number of morpholine rings is 1. The molecule has 1 saturated heterocycles. The van der Waals surface area contributed by atoms with Crippen LogP contribution in [0.4, 0.5) is 11.5 Å². The van der Waals surface area contributed by atoms with Gasteiger partial charge in [0.15, 0.2) is 0 Å². The molecule has 0 saturated carbocycles. The molecule has 4 heterocycles. The zero-order valence-corrected chi connectivity index (χ0v) is 33.9. The fourth-order valence-corrected chi connectivity index (χ4v) is 6.70. The fourth-order valence-electron chi connectivity index (χ4n) is 6.18. The van der Waals surface area contributed by atoms with Crippen LogP contribution in [-0.4, -0.2) is 120 Å². The van der Waals surface area contributed by atoms with Gasteiger partial charge in [0.05, 0.1) is 36.1 Å². The van der Waals surface area contributed by atoms with Crippen LogP contribution in [0, 0.1) is 13.8 Å². The third-order valence-corrected chi connectivity index (χ3v) is 9.75. The number of ether oxygens (including phenoxy) is 4. The number of benzene rings is 1. The number of aryl methyl sites for hydroxylation is 1. The van der Waals surface area contributed by atoms with Gasteiger partial charge in [0.1, 0.15) is 18.5 Å². The Balaban J connectivity index is 1.21. The number of likely N-dealkylation sites (N-methyl/N-ethyl adjacent to an activating group) is 1. The van der Waals surface area contributed by atoms with E-state index in [4.69, 9.17) is 18.9 Å². The van der Waals surface area contributed by atoms with Gasteiger partial charge in [-0.15, -0.1) is 4.37 Å². The van der Waals surface area contributed by atoms with Crippen molar-refractivity contribution in [3.63, 3.8) is 0 Å². The number of nitrogens with zero attached hydrogens (tertiary/aromatic N) is 4. The van der Waals surface area contributed by atoms with Crippen molar-refractivity contribution >= 4 is 58.6 Å². The van der Waals surface area contributed by atoms with E-state index in [2.05, 4.69) is 48.4 Å². The molecular formula is C39H52N8O8S. The lowest BCUT2D eigenvalue weighted by Gasteiger charge is -2.27. The summed E-state index contributed by atoms with van der Waals surface area (Å²) >= 11 is 1.04. The summed E-state index contributed by atoms with van der Waals surface area (Å²) in [6.07, 6.45) is 2.93. The van der Waals surface area contributed by atoms with Gasteiger partial charge in [-0.3, -0.25) is 9.59 Å². The molecule has 1 atom stereocenters. The van der Waals surface area contributed by atoms with Crippen LogP contribution in [0.2, 0.25) is 0 Å². The van der Waals surface area contributed by atoms with Crippen molar-refractivity contribution in [1.29, 1.82) is 0 Å². The Kier molecular flexibility index (Phi) is 14.4. The largest absolute Gasteiger partial charge is 0.470 e. The number of carbonyl (C=O) groups excluding carboxylic acids is 4. The molecule has 0 unspecified atom stereocenters. The molecular weight excluding hydrogens is 741 g/mol. The van der Waals surface area contributed by atoms with Crippen LogP contribution in [-0.2, 0) is 23.9 Å². The highest BCUT2D eigenvalue weighted by Gasteiger charge is 2.27. The van der Waals surface area contributed by atoms with E-state index in [1.54, 1.807) is 24.3 Å². The average molecular weight is 793 g/mol. The second-order valence-electron chi connectivity index (χ2n) is 14.4. The Morgan fingerprint density at radius 1 is 1.09 bits per heavy atom. The number of anilines is 2. The van der Waals surface area contributed by atoms with Crippen molar-refractivity contribution in [2.24, 2.45) is 0 Å². The summed E-state index contributed by atoms with van der Waals surface area (Å²) in [6, 6.07) is 4.74. The first-order valence-electron chi connectivity index (χ1n) is 18.8. The number of H-pyrrole nitrogens is 1. The molecule has 17 heteroatoms. The topological polar surface area (TPSA) is 189 Å². The van der Waals surface area contributed by atoms with E-state index in [1.165, 1.54) is 0 Å². The molecule has 4 N–H and O–H groups in total. The first kappa shape index (κ1) is 42.1. The van der Waals surface area contributed by atoms with Crippen LogP contribution in [0.5, 0.6) is 11.6 Å². The van der Waals surface area contributed by atoms with Crippen molar-refractivity contribution in [1.82, 2.24) is 29.3 Å². The van der Waals surface area contributed by atoms with Crippen molar-refractivity contribution < 1.29 is 38.1 Å². The number of hydrogen-bond acceptors (Lipinski definition) is 14. The molecule has 16 nitrogen and oxygen atoms in total. The van der Waals surface area contributed by atoms with Gasteiger partial charge in [0.2, 0.25) is 5.82 Å². The Morgan fingerprint density at radius 3 is 2.54 bits per heavy atom. The predicted molar refractivity (Wildman–Crippen MR) is 214 cm³/mol. The molecule has 0 spiro atoms. The van der Waals surface area contributed by atoms with Crippen LogP contribution in [0.15, 0.2) is 30.4 Å². The first-order valence-corrected chi connectivity index (χ1v) is 19.5. The molecule has 0 radical (unpaired) electrons. The molecule has 1 fully saturated rings. The smallest absolute Gasteiger partial charge is 0.336 e. The predicted octanol–water partition coefficient (Wildman–Crippen LogP) is 3.72. The van der Waals surface area contributed by atoms with Crippen LogP contribution in [0.3, 0.4) is 0 Å². The van der Waals surface area contributed by atoms with E-state index in [0.717, 1.165) is 43.5 Å². The fraction of sp³-hybridized carbons (Fsp3) is 0.487. The molecule has 2 amide bonds. The Bertz CT molecular complexity index is 1940. The van der Waals surface area contributed by atoms with E-state index in [0.29, 0.717) is 83.9 Å². The number of hydrogen-bond donors (Lipinski definition) is 4. The van der Waals surface area contributed by atoms with Crippen molar-refractivity contribution in [3.05, 3.63) is 58.4 Å². The highest BCUT2D eigenvalue weighted by molar-refractivity contribution is 6.99. The summed E-state index contributed by atoms with van der Waals surface area (Å²) in [6.45, 7) is 19.6. The lowest BCUT2D eigenvalue weighted by Crippen LogP contribution is -2.44. The molecule has 0 aliphatic carbocycles. The summed E-state index contributed by atoms with van der Waals surface area (Å²) in [5.41, 5.74) is 3.65. The number of esters is 2. The summed E-state index contributed by atoms with van der Waals surface area (Å²) in [5.74, 6) is -0.980. The summed E-state index contributed by atoms with van der Waals surface area (Å²) in [5, 5.41) is 9.14. The number of rotatable bonds is 17. The second-order valence-corrected chi connectivity index (χ2v) is 14.9. The summed E-state index contributed by atoms with van der Waals surface area (Å²) in [7, 11) is 0. The molecule has 0 bridgehead atoms. The van der Waals surface area contributed by atoms with E-state index in [1.807, 2.05) is 39.5 Å². The molecule has 1 aromatic carbocycles. The monoisotopic (exact) mass is 792 g/mol. The summed E-state index contributed by atoms with van der Waals surface area (Å²) in [4.78, 5) is 59.4. The highest BCUT2D eigenvalue weighted by Crippen LogP contribution is 2.36. The maximum atomic E-state index is 13.1. The number of carbonyl (C=O) groups is 4. The zero-order valence-electron chi connectivity index (χ0n) is 33.1. The Morgan fingerprint density at radius 2 is 1.82 bits per heavy atom. The highest BCUT2D eigenvalue weighted by atomic mass is 32.1. The van der Waals surface area contributed by atoms with E-state index < -0.39 is 18.0 Å². The maximum absolute atomic E-state index is 13.1. The van der Waals surface area contributed by atoms with Gasteiger partial charge in [0, 0.05) is 73.1 Å². The van der Waals surface area contributed by atoms with E-state index in [-0.39, 0.29) is 36.3 Å². The third-order valence-electron chi connectivity index (χ3n) is 9.25. The second kappa shape index (κ2) is 19.2. The number of fused-ring (bicyclic) bond motifs is 1. The lowest BCUT2D eigenvalue weighted by atomic mass is 10.0. The van der Waals surface area contributed by atoms with Crippen LogP contribution in [0.1, 0.15) is 67.5 Å². The first-order chi connectivity index (χ1) is 26.8. The van der Waals surface area contributed by atoms with Gasteiger partial charge in [-0.2, -0.15) is 4.37 Å². The molecule has 2 aliphatic rings. The van der Waals surface area contributed by atoms with E-state index >= 15 is 0 Å². The molecule has 302 valence electrons. The normalized spacial score (nSPS) is 15.6. The van der Waals surface area contributed by atoms with Gasteiger partial charge >= 0.3 is 11.9 Å². The maximum Gasteiger partial charge on any atom is 0.336 e. The molecule has 2 aromatic heterocycles. The number of amides is 2. The number of aromatic nitrogens is 3. The minimum atomic E-state index is -0.818. The van der Waals surface area contributed by atoms with Crippen LogP contribution < -0.4 is 30.3 Å². The van der Waals surface area contributed by atoms with Gasteiger partial charge in [-0.05, 0) is 77.5 Å². The number of nitrogens with one attached hydrogen (secondary N) is 4. The quantitative estimate of drug-likeness (QED) is 0.0881. The van der Waals surface area contributed by atoms with Crippen LogP contribution >= 0.6 is 11.7 Å². The number of aromatic amines is 1. The Hall–Kier alpha value is -5.10. The minimum Gasteiger partial charge on any atom is -0.470 e. The molecule has 5 rings (SSSR count). The van der Waals surface area contributed by atoms with Gasteiger partial charge in [0.25, 0.3) is 17.7 Å². The van der Waals surface area contributed by atoms with E-state index in [9.17, 15) is 19.2 Å². The standard InChI is InChI=1S/C39H52N8O8S/c1-8-46(9-2)15-14-40-37(51)34-24(3)31(42-25(34)4)21-29-28-20-26(10-11-30(28)43-36(29)50)54-32(48)12-13-33(49)55-27(22-41-39(5,6)7)23-53-38-35(44-56-45-38)47-16-18-52-19-17-47/h10-13,20-21,27,41-42H,8-9,14-19,22-23H2,1-7H3,(H,40,51)(H,43,50)/b13-12+,29-21-/t27-/m0/s1. The van der Waals surface area contributed by atoms with Crippen molar-refractivity contribution in [2.75, 3.05) is 75.9 Å². The summed E-state index contributed by atoms with van der Waals surface area (Å²) < 4.78 is 31.2. The average Bonchev–Trinajstić information content (AvgIpc) is 3.84. The molecule has 2 aliphatic heterocycles. The van der Waals surface area contributed by atoms with Crippen molar-refractivity contribution in [2.45, 2.75) is 60.1 Å². The van der Waals surface area contributed by atoms with Crippen LogP contribution in [0.25, 0.3) is 11.6 Å². The van der Waals surface area contributed by atoms with Gasteiger partial charge in [-0.1, -0.05) is 13.8 Å². The lowest BCUT2D eigenvalue weighted by molar-refractivity contribution is -0.144. The molecule has 56 heavy (non-hydrogen) atoms. The minimum absolute atomic E-state index is 0.000626. The van der Waals surface area contributed by atoms with Gasteiger partial charge in [-0.25, -0.2) is 9.59 Å². The zero-order chi connectivity index (χ0) is 40.4. The van der Waals surface area contributed by atoms with Crippen molar-refractivity contribution in [3.8, 4) is 11.6 Å². The third kappa shape index (κ3) is 11.2. The van der Waals surface area contributed by atoms with Gasteiger partial charge < -0.3 is 49.7 Å². The Labute approximate surface area is 331 Å². The SMILES string of the molecule is CCN(CC)CCNC(=O)c1c(C)[nH]c(/C=C2\C(=O)Nc3ccc(OC(=O)/C=C/C(=O)O[C@@H](CNC(C)(C)C)COc4nsnc4N4CCOCC4)cc32)c1C. The molecule has 3 aromatic rings.